The highest BCUT2D eigenvalue weighted by molar-refractivity contribution is 7.80. The first-order valence-corrected chi connectivity index (χ1v) is 9.83. The van der Waals surface area contributed by atoms with E-state index < -0.39 is 12.0 Å². The number of thiol groups is 1. The van der Waals surface area contributed by atoms with E-state index in [0.29, 0.717) is 12.8 Å². The SMILES string of the molecule is CCOC(=O)[C@H](CS)NC(=O)CCCCCCCCCCC[N+](=O)[O-]. The lowest BCUT2D eigenvalue weighted by molar-refractivity contribution is -0.480. The predicted molar refractivity (Wildman–Crippen MR) is 100 cm³/mol. The Morgan fingerprint density at radius 2 is 1.56 bits per heavy atom. The summed E-state index contributed by atoms with van der Waals surface area (Å²) in [5.41, 5.74) is 0. The van der Waals surface area contributed by atoms with Crippen LogP contribution >= 0.6 is 12.6 Å². The molecule has 0 fully saturated rings. The second-order valence-corrected chi connectivity index (χ2v) is 6.41. The van der Waals surface area contributed by atoms with Crippen molar-refractivity contribution in [1.29, 1.82) is 0 Å². The molecule has 1 amide bonds. The van der Waals surface area contributed by atoms with Crippen LogP contribution < -0.4 is 5.32 Å². The van der Waals surface area contributed by atoms with Gasteiger partial charge < -0.3 is 10.1 Å². The molecule has 0 bridgehead atoms. The molecule has 0 radical (unpaired) electrons. The number of hydrogen-bond acceptors (Lipinski definition) is 6. The lowest BCUT2D eigenvalue weighted by Gasteiger charge is -2.14. The van der Waals surface area contributed by atoms with Crippen molar-refractivity contribution in [2.24, 2.45) is 0 Å². The van der Waals surface area contributed by atoms with Gasteiger partial charge in [0.15, 0.2) is 0 Å². The largest absolute Gasteiger partial charge is 0.464 e. The highest BCUT2D eigenvalue weighted by atomic mass is 32.1. The van der Waals surface area contributed by atoms with E-state index in [4.69, 9.17) is 4.74 Å². The average Bonchev–Trinajstić information content (AvgIpc) is 2.57. The van der Waals surface area contributed by atoms with Crippen LogP contribution in [0.1, 0.15) is 71.1 Å². The van der Waals surface area contributed by atoms with Gasteiger partial charge in [-0.1, -0.05) is 38.5 Å². The van der Waals surface area contributed by atoms with Gasteiger partial charge in [-0.15, -0.1) is 0 Å². The Hall–Kier alpha value is -1.31. The van der Waals surface area contributed by atoms with E-state index in [9.17, 15) is 19.7 Å². The molecule has 146 valence electrons. The van der Waals surface area contributed by atoms with Gasteiger partial charge in [-0.05, 0) is 19.8 Å². The molecule has 0 rings (SSSR count). The minimum atomic E-state index is -0.675. The smallest absolute Gasteiger partial charge is 0.329 e. The third-order valence-electron chi connectivity index (χ3n) is 3.83. The molecule has 0 aliphatic carbocycles. The molecule has 0 unspecified atom stereocenters. The van der Waals surface area contributed by atoms with Gasteiger partial charge in [0.05, 0.1) is 6.61 Å². The van der Waals surface area contributed by atoms with Crippen molar-refractivity contribution in [3.63, 3.8) is 0 Å². The summed E-state index contributed by atoms with van der Waals surface area (Å²) in [7, 11) is 0. The maximum Gasteiger partial charge on any atom is 0.329 e. The van der Waals surface area contributed by atoms with Crippen molar-refractivity contribution in [3.8, 4) is 0 Å². The summed E-state index contributed by atoms with van der Waals surface area (Å²) >= 11 is 4.06. The van der Waals surface area contributed by atoms with Gasteiger partial charge >= 0.3 is 5.97 Å². The van der Waals surface area contributed by atoms with E-state index in [-0.39, 0.29) is 29.7 Å². The molecule has 0 saturated carbocycles. The van der Waals surface area contributed by atoms with Crippen molar-refractivity contribution >= 4 is 24.5 Å². The quantitative estimate of drug-likeness (QED) is 0.142. The normalized spacial score (nSPS) is 11.8. The Labute approximate surface area is 155 Å². The molecule has 1 N–H and O–H groups in total. The van der Waals surface area contributed by atoms with Crippen molar-refractivity contribution in [1.82, 2.24) is 5.32 Å². The van der Waals surface area contributed by atoms with Crippen molar-refractivity contribution < 1.29 is 19.2 Å². The lowest BCUT2D eigenvalue weighted by Crippen LogP contribution is -2.43. The van der Waals surface area contributed by atoms with Crippen LogP contribution in [0.25, 0.3) is 0 Å². The topological polar surface area (TPSA) is 98.5 Å². The first kappa shape index (κ1) is 23.7. The van der Waals surface area contributed by atoms with Crippen LogP contribution in [-0.2, 0) is 14.3 Å². The monoisotopic (exact) mass is 376 g/mol. The summed E-state index contributed by atoms with van der Waals surface area (Å²) in [6.45, 7) is 2.09. The number of hydrogen-bond donors (Lipinski definition) is 2. The third kappa shape index (κ3) is 14.7. The zero-order valence-electron chi connectivity index (χ0n) is 15.2. The molecule has 0 saturated heterocycles. The molecule has 1 atom stereocenters. The van der Waals surface area contributed by atoms with E-state index in [1.54, 1.807) is 6.92 Å². The molecular weight excluding hydrogens is 344 g/mol. The second-order valence-electron chi connectivity index (χ2n) is 6.04. The fraction of sp³-hybridized carbons (Fsp3) is 0.882. The number of esters is 1. The molecule has 0 aliphatic heterocycles. The van der Waals surface area contributed by atoms with Crippen molar-refractivity contribution in [2.45, 2.75) is 77.2 Å². The number of nitro groups is 1. The molecule has 0 aromatic heterocycles. The summed E-state index contributed by atoms with van der Waals surface area (Å²) in [6.07, 6.45) is 9.29. The van der Waals surface area contributed by atoms with E-state index in [1.165, 1.54) is 0 Å². The summed E-state index contributed by atoms with van der Waals surface area (Å²) in [5, 5.41) is 12.8. The molecular formula is C17H32N2O5S. The number of nitrogens with one attached hydrogen (secondary N) is 1. The van der Waals surface area contributed by atoms with Crippen LogP contribution in [0, 0.1) is 10.1 Å². The average molecular weight is 377 g/mol. The van der Waals surface area contributed by atoms with E-state index in [0.717, 1.165) is 51.4 Å². The first-order valence-electron chi connectivity index (χ1n) is 9.19. The van der Waals surface area contributed by atoms with Gasteiger partial charge in [0, 0.05) is 23.5 Å². The minimum Gasteiger partial charge on any atom is -0.464 e. The molecule has 0 heterocycles. The Morgan fingerprint density at radius 1 is 1.04 bits per heavy atom. The molecule has 7 nitrogen and oxygen atoms in total. The molecule has 0 aromatic carbocycles. The Bertz CT molecular complexity index is 393. The van der Waals surface area contributed by atoms with Gasteiger partial charge in [0.2, 0.25) is 12.5 Å². The minimum absolute atomic E-state index is 0.0757. The summed E-state index contributed by atoms with van der Waals surface area (Å²) in [6, 6.07) is -0.675. The lowest BCUT2D eigenvalue weighted by atomic mass is 10.1. The fourth-order valence-electron chi connectivity index (χ4n) is 2.45. The Morgan fingerprint density at radius 3 is 2.04 bits per heavy atom. The molecule has 0 aromatic rings. The van der Waals surface area contributed by atoms with E-state index in [2.05, 4.69) is 17.9 Å². The Kier molecular flexibility index (Phi) is 15.3. The van der Waals surface area contributed by atoms with Crippen LogP contribution in [-0.4, -0.2) is 41.7 Å². The summed E-state index contributed by atoms with van der Waals surface area (Å²) in [4.78, 5) is 33.3. The van der Waals surface area contributed by atoms with Gasteiger partial charge in [0.25, 0.3) is 0 Å². The van der Waals surface area contributed by atoms with Gasteiger partial charge in [-0.3, -0.25) is 14.9 Å². The molecule has 8 heteroatoms. The highest BCUT2D eigenvalue weighted by Gasteiger charge is 2.19. The Balaban J connectivity index is 3.51. The maximum atomic E-state index is 11.8. The maximum absolute atomic E-state index is 11.8. The summed E-state index contributed by atoms with van der Waals surface area (Å²) in [5.74, 6) is -0.353. The number of rotatable bonds is 16. The first-order chi connectivity index (χ1) is 12.0. The van der Waals surface area contributed by atoms with E-state index in [1.807, 2.05) is 0 Å². The zero-order chi connectivity index (χ0) is 18.9. The van der Waals surface area contributed by atoms with Crippen LogP contribution in [0.5, 0.6) is 0 Å². The zero-order valence-corrected chi connectivity index (χ0v) is 16.1. The number of carbonyl (C=O) groups excluding carboxylic acids is 2. The number of carbonyl (C=O) groups is 2. The standard InChI is InChI=1S/C17H32N2O5S/c1-2-24-17(21)15(14-25)18-16(20)12-10-8-6-4-3-5-7-9-11-13-19(22)23/h15,25H,2-14H2,1H3,(H,18,20)/t15-/m0/s1. The summed E-state index contributed by atoms with van der Waals surface area (Å²) < 4.78 is 4.88. The number of unbranched alkanes of at least 4 members (excludes halogenated alkanes) is 8. The second kappa shape index (κ2) is 16.2. The van der Waals surface area contributed by atoms with Gasteiger partial charge in [-0.25, -0.2) is 4.79 Å². The van der Waals surface area contributed by atoms with Gasteiger partial charge in [0.1, 0.15) is 6.04 Å². The highest BCUT2D eigenvalue weighted by Crippen LogP contribution is 2.10. The van der Waals surface area contributed by atoms with Crippen LogP contribution in [0.2, 0.25) is 0 Å². The van der Waals surface area contributed by atoms with Crippen LogP contribution in [0.4, 0.5) is 0 Å². The van der Waals surface area contributed by atoms with Gasteiger partial charge in [-0.2, -0.15) is 12.6 Å². The number of amides is 1. The van der Waals surface area contributed by atoms with Crippen molar-refractivity contribution in [3.05, 3.63) is 10.1 Å². The third-order valence-corrected chi connectivity index (χ3v) is 4.20. The number of nitrogens with zero attached hydrogens (tertiary/aromatic N) is 1. The van der Waals surface area contributed by atoms with Crippen LogP contribution in [0.3, 0.4) is 0 Å². The van der Waals surface area contributed by atoms with Crippen molar-refractivity contribution in [2.75, 3.05) is 18.9 Å². The molecule has 25 heavy (non-hydrogen) atoms. The fourth-order valence-corrected chi connectivity index (χ4v) is 2.69. The molecule has 0 aliphatic rings. The predicted octanol–water partition coefficient (Wildman–Crippen LogP) is 3.14. The van der Waals surface area contributed by atoms with Crippen LogP contribution in [0.15, 0.2) is 0 Å². The van der Waals surface area contributed by atoms with E-state index >= 15 is 0 Å². The number of ether oxygens (including phenoxy) is 1. The molecule has 0 spiro atoms.